The van der Waals surface area contributed by atoms with Crippen molar-refractivity contribution in [1.82, 2.24) is 0 Å². The molecule has 6 nitrogen and oxygen atoms in total. The standard InChI is InChI=1S/C8H10O4.C7H10O2/c1-5(2)8(10)12-6-3-7(9)11-4-6;1-5-4-7(2,3)9-6(5)8/h6H,1,3-4H2,2H3;1,4H2,2-3H3. The van der Waals surface area contributed by atoms with E-state index in [1.165, 1.54) is 0 Å². The van der Waals surface area contributed by atoms with Crippen LogP contribution in [0.3, 0.4) is 0 Å². The Balaban J connectivity index is 0.000000219. The Kier molecular flexibility index (Phi) is 5.29. The summed E-state index contributed by atoms with van der Waals surface area (Å²) in [5.41, 5.74) is 0.600. The van der Waals surface area contributed by atoms with Gasteiger partial charge in [0.2, 0.25) is 0 Å². The number of carbonyl (C=O) groups excluding carboxylic acids is 3. The highest BCUT2D eigenvalue weighted by Crippen LogP contribution is 2.28. The lowest BCUT2D eigenvalue weighted by Crippen LogP contribution is -2.18. The molecule has 2 rings (SSSR count). The smallest absolute Gasteiger partial charge is 0.334 e. The van der Waals surface area contributed by atoms with Crippen LogP contribution >= 0.6 is 0 Å². The van der Waals surface area contributed by atoms with E-state index in [-0.39, 0.29) is 30.6 Å². The fourth-order valence-electron chi connectivity index (χ4n) is 1.76. The van der Waals surface area contributed by atoms with Crippen molar-refractivity contribution in [3.63, 3.8) is 0 Å². The first-order valence-corrected chi connectivity index (χ1v) is 6.54. The summed E-state index contributed by atoms with van der Waals surface area (Å²) in [6, 6.07) is 0. The van der Waals surface area contributed by atoms with Crippen molar-refractivity contribution in [2.75, 3.05) is 6.61 Å². The minimum Gasteiger partial charge on any atom is -0.462 e. The van der Waals surface area contributed by atoms with E-state index < -0.39 is 12.1 Å². The lowest BCUT2D eigenvalue weighted by Gasteiger charge is -2.13. The number of hydrogen-bond acceptors (Lipinski definition) is 6. The van der Waals surface area contributed by atoms with Crippen LogP contribution in [0.15, 0.2) is 24.3 Å². The summed E-state index contributed by atoms with van der Waals surface area (Å²) < 4.78 is 14.4. The second-order valence-electron chi connectivity index (χ2n) is 5.62. The molecule has 0 aromatic heterocycles. The summed E-state index contributed by atoms with van der Waals surface area (Å²) in [6.07, 6.45) is 0.381. The molecule has 116 valence electrons. The molecule has 0 N–H and O–H groups in total. The first-order valence-electron chi connectivity index (χ1n) is 6.54. The minimum atomic E-state index is -0.474. The van der Waals surface area contributed by atoms with Crippen molar-refractivity contribution in [2.45, 2.75) is 45.3 Å². The van der Waals surface area contributed by atoms with E-state index in [0.717, 1.165) is 0 Å². The van der Waals surface area contributed by atoms with Gasteiger partial charge >= 0.3 is 17.9 Å². The van der Waals surface area contributed by atoms with Gasteiger partial charge in [-0.3, -0.25) is 4.79 Å². The van der Waals surface area contributed by atoms with Gasteiger partial charge in [0.25, 0.3) is 0 Å². The van der Waals surface area contributed by atoms with E-state index in [1.54, 1.807) is 6.92 Å². The third kappa shape index (κ3) is 5.41. The molecule has 2 aliphatic rings. The lowest BCUT2D eigenvalue weighted by atomic mass is 10.0. The molecule has 0 aromatic carbocycles. The highest BCUT2D eigenvalue weighted by molar-refractivity contribution is 5.90. The molecule has 2 saturated heterocycles. The van der Waals surface area contributed by atoms with Crippen molar-refractivity contribution < 1.29 is 28.6 Å². The average Bonchev–Trinajstić information content (AvgIpc) is 2.83. The van der Waals surface area contributed by atoms with Crippen molar-refractivity contribution in [2.24, 2.45) is 0 Å². The molecule has 0 aliphatic carbocycles. The number of hydrogen-bond donors (Lipinski definition) is 0. The molecule has 2 fully saturated rings. The first-order chi connectivity index (χ1) is 9.60. The topological polar surface area (TPSA) is 78.9 Å². The van der Waals surface area contributed by atoms with E-state index in [9.17, 15) is 14.4 Å². The summed E-state index contributed by atoms with van der Waals surface area (Å²) in [5.74, 6) is -1.05. The van der Waals surface area contributed by atoms with Crippen LogP contribution in [0.25, 0.3) is 0 Å². The van der Waals surface area contributed by atoms with Crippen LogP contribution in [0, 0.1) is 0 Å². The Bertz CT molecular complexity index is 470. The van der Waals surface area contributed by atoms with Gasteiger partial charge in [-0.15, -0.1) is 0 Å². The molecule has 2 aliphatic heterocycles. The Labute approximate surface area is 123 Å². The zero-order valence-corrected chi connectivity index (χ0v) is 12.6. The average molecular weight is 296 g/mol. The van der Waals surface area contributed by atoms with Gasteiger partial charge < -0.3 is 14.2 Å². The summed E-state index contributed by atoms with van der Waals surface area (Å²) in [6.45, 7) is 12.4. The number of ether oxygens (including phenoxy) is 3. The molecule has 0 bridgehead atoms. The lowest BCUT2D eigenvalue weighted by molar-refractivity contribution is -0.144. The Morgan fingerprint density at radius 1 is 1.38 bits per heavy atom. The molecule has 0 radical (unpaired) electrons. The van der Waals surface area contributed by atoms with Gasteiger partial charge in [-0.05, 0) is 20.8 Å². The Morgan fingerprint density at radius 3 is 2.29 bits per heavy atom. The van der Waals surface area contributed by atoms with Gasteiger partial charge in [0.15, 0.2) is 0 Å². The monoisotopic (exact) mass is 296 g/mol. The highest BCUT2D eigenvalue weighted by atomic mass is 16.6. The fourth-order valence-corrected chi connectivity index (χ4v) is 1.76. The van der Waals surface area contributed by atoms with Crippen LogP contribution in [0.2, 0.25) is 0 Å². The molecular weight excluding hydrogens is 276 g/mol. The van der Waals surface area contributed by atoms with Crippen LogP contribution in [0.4, 0.5) is 0 Å². The second kappa shape index (κ2) is 6.56. The maximum atomic E-state index is 10.9. The molecule has 6 heteroatoms. The van der Waals surface area contributed by atoms with Gasteiger partial charge in [0.05, 0.1) is 6.42 Å². The predicted octanol–water partition coefficient (Wildman–Crippen LogP) is 1.69. The normalized spacial score (nSPS) is 22.8. The summed E-state index contributed by atoms with van der Waals surface area (Å²) in [5, 5.41) is 0. The van der Waals surface area contributed by atoms with E-state index >= 15 is 0 Å². The van der Waals surface area contributed by atoms with Gasteiger partial charge in [0, 0.05) is 17.6 Å². The largest absolute Gasteiger partial charge is 0.462 e. The van der Waals surface area contributed by atoms with E-state index in [2.05, 4.69) is 17.9 Å². The Hall–Kier alpha value is -2.11. The fraction of sp³-hybridized carbons (Fsp3) is 0.533. The number of esters is 3. The zero-order chi connectivity index (χ0) is 16.2. The van der Waals surface area contributed by atoms with Gasteiger partial charge in [-0.25, -0.2) is 9.59 Å². The minimum absolute atomic E-state index is 0.152. The van der Waals surface area contributed by atoms with E-state index in [4.69, 9.17) is 9.47 Å². The maximum absolute atomic E-state index is 10.9. The van der Waals surface area contributed by atoms with Crippen LogP contribution in [0.5, 0.6) is 0 Å². The molecule has 0 aromatic rings. The molecule has 0 spiro atoms. The quantitative estimate of drug-likeness (QED) is 0.438. The summed E-state index contributed by atoms with van der Waals surface area (Å²) in [4.78, 5) is 32.2. The SMILES string of the molecule is C=C(C)C(=O)OC1COC(=O)C1.C=C1CC(C)(C)OC1=O. The van der Waals surface area contributed by atoms with Crippen LogP contribution < -0.4 is 0 Å². The molecule has 0 amide bonds. The van der Waals surface area contributed by atoms with Gasteiger partial charge in [-0.1, -0.05) is 13.2 Å². The predicted molar refractivity (Wildman–Crippen MR) is 74.2 cm³/mol. The number of carbonyl (C=O) groups is 3. The van der Waals surface area contributed by atoms with Crippen molar-refractivity contribution in [1.29, 1.82) is 0 Å². The summed E-state index contributed by atoms with van der Waals surface area (Å²) >= 11 is 0. The van der Waals surface area contributed by atoms with Crippen molar-refractivity contribution in [3.8, 4) is 0 Å². The Morgan fingerprint density at radius 2 is 2.00 bits per heavy atom. The van der Waals surface area contributed by atoms with Crippen LogP contribution in [0.1, 0.15) is 33.6 Å². The van der Waals surface area contributed by atoms with Crippen LogP contribution in [-0.4, -0.2) is 36.2 Å². The summed E-state index contributed by atoms with van der Waals surface area (Å²) in [7, 11) is 0. The molecule has 0 saturated carbocycles. The second-order valence-corrected chi connectivity index (χ2v) is 5.62. The van der Waals surface area contributed by atoms with E-state index in [1.807, 2.05) is 13.8 Å². The third-order valence-electron chi connectivity index (χ3n) is 2.74. The number of cyclic esters (lactones) is 2. The zero-order valence-electron chi connectivity index (χ0n) is 12.6. The van der Waals surface area contributed by atoms with Gasteiger partial charge in [-0.2, -0.15) is 0 Å². The van der Waals surface area contributed by atoms with Gasteiger partial charge in [0.1, 0.15) is 18.3 Å². The number of rotatable bonds is 2. The maximum Gasteiger partial charge on any atom is 0.334 e. The highest BCUT2D eigenvalue weighted by Gasteiger charge is 2.33. The molecule has 21 heavy (non-hydrogen) atoms. The molecular formula is C15H20O6. The van der Waals surface area contributed by atoms with Crippen LogP contribution in [-0.2, 0) is 28.6 Å². The van der Waals surface area contributed by atoms with Crippen molar-refractivity contribution >= 4 is 17.9 Å². The molecule has 2 heterocycles. The first kappa shape index (κ1) is 16.9. The third-order valence-corrected chi connectivity index (χ3v) is 2.74. The van der Waals surface area contributed by atoms with Crippen molar-refractivity contribution in [3.05, 3.63) is 24.3 Å². The molecule has 1 atom stereocenters. The molecule has 1 unspecified atom stereocenters. The van der Waals surface area contributed by atoms with E-state index in [0.29, 0.717) is 17.6 Å².